The van der Waals surface area contributed by atoms with E-state index in [0.29, 0.717) is 22.4 Å². The van der Waals surface area contributed by atoms with Crippen molar-refractivity contribution in [1.82, 2.24) is 24.9 Å². The molecule has 1 N–H and O–H groups in total. The molecule has 1 saturated carbocycles. The van der Waals surface area contributed by atoms with Gasteiger partial charge >= 0.3 is 6.09 Å². The van der Waals surface area contributed by atoms with Gasteiger partial charge in [0.25, 0.3) is 5.56 Å². The number of ether oxygens (including phenoxy) is 1. The lowest BCUT2D eigenvalue weighted by atomic mass is 9.81. The Balaban J connectivity index is 1.31. The first-order chi connectivity index (χ1) is 21.8. The van der Waals surface area contributed by atoms with Crippen LogP contribution in [0.25, 0.3) is 11.0 Å². The van der Waals surface area contributed by atoms with Gasteiger partial charge in [-0.15, -0.1) is 0 Å². The van der Waals surface area contributed by atoms with Crippen molar-refractivity contribution in [3.63, 3.8) is 0 Å². The largest absolute Gasteiger partial charge is 0.444 e. The maximum absolute atomic E-state index is 13.8. The Labute approximate surface area is 267 Å². The molecule has 242 valence electrons. The van der Waals surface area contributed by atoms with Gasteiger partial charge in [0, 0.05) is 32.4 Å². The van der Waals surface area contributed by atoms with E-state index in [1.807, 2.05) is 17.0 Å². The number of alkyl carbamates (subject to hydrolysis) is 1. The fourth-order valence-electron chi connectivity index (χ4n) is 6.57. The topological polar surface area (TPSA) is 149 Å². The van der Waals surface area contributed by atoms with Crippen molar-refractivity contribution in [2.75, 3.05) is 25.1 Å². The molecule has 12 nitrogen and oxygen atoms in total. The van der Waals surface area contributed by atoms with Crippen molar-refractivity contribution in [1.29, 1.82) is 10.5 Å². The number of hydrogen-bond donors (Lipinski definition) is 1. The number of nitriles is 2. The van der Waals surface area contributed by atoms with E-state index in [1.54, 1.807) is 52.9 Å². The number of aryl methyl sites for hydroxylation is 2. The molecular formula is C33H39FN8O4. The van der Waals surface area contributed by atoms with Crippen LogP contribution in [-0.2, 0) is 16.6 Å². The Morgan fingerprint density at radius 3 is 2.48 bits per heavy atom. The number of hydroxylamine groups is 2. The second kappa shape index (κ2) is 13.0. The zero-order valence-electron chi connectivity index (χ0n) is 27.0. The molecule has 5 rings (SSSR count). The van der Waals surface area contributed by atoms with E-state index in [-0.39, 0.29) is 48.5 Å². The molecule has 2 unspecified atom stereocenters. The van der Waals surface area contributed by atoms with Crippen molar-refractivity contribution in [3.8, 4) is 12.1 Å². The molecule has 0 aromatic carbocycles. The molecule has 1 aliphatic heterocycles. The number of anilines is 1. The lowest BCUT2D eigenvalue weighted by molar-refractivity contribution is -0.0898. The van der Waals surface area contributed by atoms with E-state index < -0.39 is 23.2 Å². The van der Waals surface area contributed by atoms with Gasteiger partial charge in [0.2, 0.25) is 5.95 Å². The summed E-state index contributed by atoms with van der Waals surface area (Å²) < 4.78 is 20.5. The number of carbonyl (C=O) groups is 1. The maximum Gasteiger partial charge on any atom is 0.407 e. The second-order valence-electron chi connectivity index (χ2n) is 12.9. The van der Waals surface area contributed by atoms with E-state index >= 15 is 0 Å². The summed E-state index contributed by atoms with van der Waals surface area (Å²) in [5.41, 5.74) is 2.15. The summed E-state index contributed by atoms with van der Waals surface area (Å²) in [5.74, 6) is -0.274. The molecule has 0 bridgehead atoms. The highest BCUT2D eigenvalue weighted by atomic mass is 19.1. The van der Waals surface area contributed by atoms with Crippen LogP contribution in [0.5, 0.6) is 0 Å². The molecule has 0 radical (unpaired) electrons. The lowest BCUT2D eigenvalue weighted by Gasteiger charge is -2.36. The Kier molecular flexibility index (Phi) is 9.29. The molecule has 2 fully saturated rings. The van der Waals surface area contributed by atoms with Gasteiger partial charge in [-0.05, 0) is 83.1 Å². The Morgan fingerprint density at radius 2 is 1.85 bits per heavy atom. The number of amides is 1. The number of nitrogens with zero attached hydrogens (tertiary/aromatic N) is 7. The minimum Gasteiger partial charge on any atom is -0.444 e. The highest BCUT2D eigenvalue weighted by Gasteiger charge is 2.55. The average molecular weight is 631 g/mol. The molecule has 1 amide bonds. The third-order valence-electron chi connectivity index (χ3n) is 8.79. The van der Waals surface area contributed by atoms with Crippen LogP contribution in [0.3, 0.4) is 0 Å². The normalized spacial score (nSPS) is 22.5. The smallest absolute Gasteiger partial charge is 0.407 e. The van der Waals surface area contributed by atoms with Crippen LogP contribution in [0.1, 0.15) is 75.0 Å². The zero-order chi connectivity index (χ0) is 33.3. The maximum atomic E-state index is 13.8. The Hall–Kier alpha value is -4.59. The van der Waals surface area contributed by atoms with Crippen LogP contribution in [-0.4, -0.2) is 63.6 Å². The van der Waals surface area contributed by atoms with E-state index in [1.165, 1.54) is 10.6 Å². The molecule has 3 aromatic heterocycles. The molecular weight excluding hydrogens is 591 g/mol. The van der Waals surface area contributed by atoms with Gasteiger partial charge in [0.15, 0.2) is 0 Å². The number of pyridine rings is 3. The Morgan fingerprint density at radius 1 is 1.13 bits per heavy atom. The summed E-state index contributed by atoms with van der Waals surface area (Å²) in [7, 11) is 3.47. The average Bonchev–Trinajstić information content (AvgIpc) is 3.72. The predicted molar refractivity (Wildman–Crippen MR) is 168 cm³/mol. The molecule has 46 heavy (non-hydrogen) atoms. The summed E-state index contributed by atoms with van der Waals surface area (Å²) >= 11 is 0. The summed E-state index contributed by atoms with van der Waals surface area (Å²) in [5, 5.41) is 24.1. The number of aromatic nitrogens is 3. The summed E-state index contributed by atoms with van der Waals surface area (Å²) in [6.07, 6.45) is 2.76. The summed E-state index contributed by atoms with van der Waals surface area (Å²) in [6, 6.07) is 10.5. The van der Waals surface area contributed by atoms with E-state index in [9.17, 15) is 24.5 Å². The van der Waals surface area contributed by atoms with E-state index in [2.05, 4.69) is 27.4 Å². The standard InChI is InChI=1S/C33H39FN8O4/c1-19-23(12-14-26(34)38-19)30-28(42(30)45-16-15-37-32(44)46-33(2,3)4)20-7-10-22(11-8-20)40(5)29-24(18-36)31(43)41(6)25-13-9-21(17-35)39-27(25)29/h9,12-14,20,22,28,30H,7-8,10-11,15-16H2,1-6H3,(H,37,44)/t20?,22?,28-,30?,42?/m1/s1. The van der Waals surface area contributed by atoms with Gasteiger partial charge in [0.05, 0.1) is 29.9 Å². The summed E-state index contributed by atoms with van der Waals surface area (Å²) in [4.78, 5) is 41.8. The van der Waals surface area contributed by atoms with Crippen LogP contribution in [0.15, 0.2) is 29.1 Å². The van der Waals surface area contributed by atoms with Crippen LogP contribution < -0.4 is 15.8 Å². The first kappa shape index (κ1) is 32.8. The molecule has 4 heterocycles. The first-order valence-electron chi connectivity index (χ1n) is 15.4. The molecule has 3 atom stereocenters. The predicted octanol–water partition coefficient (Wildman–Crippen LogP) is 4.40. The number of hydrogen-bond acceptors (Lipinski definition) is 10. The molecule has 0 spiro atoms. The van der Waals surface area contributed by atoms with Gasteiger partial charge in [-0.2, -0.15) is 20.0 Å². The monoisotopic (exact) mass is 630 g/mol. The molecule has 1 aliphatic carbocycles. The van der Waals surface area contributed by atoms with E-state index in [4.69, 9.17) is 9.57 Å². The highest BCUT2D eigenvalue weighted by molar-refractivity contribution is 5.92. The molecule has 13 heteroatoms. The number of halogens is 1. The molecule has 2 aliphatic rings. The first-order valence-corrected chi connectivity index (χ1v) is 15.4. The summed E-state index contributed by atoms with van der Waals surface area (Å²) in [6.45, 7) is 7.68. The molecule has 3 aromatic rings. The van der Waals surface area contributed by atoms with Crippen LogP contribution >= 0.6 is 0 Å². The van der Waals surface area contributed by atoms with E-state index in [0.717, 1.165) is 31.2 Å². The SMILES string of the molecule is Cc1nc(F)ccc1C1[C@@H](C2CCC(N(C)c3c(C#N)c(=O)n(C)c4ccc(C#N)nc34)CC2)N1OCCNC(=O)OC(C)(C)C. The molecule has 1 saturated heterocycles. The zero-order valence-corrected chi connectivity index (χ0v) is 27.0. The van der Waals surface area contributed by atoms with Crippen LogP contribution in [0.4, 0.5) is 14.9 Å². The van der Waals surface area contributed by atoms with Crippen LogP contribution in [0.2, 0.25) is 0 Å². The van der Waals surface area contributed by atoms with Gasteiger partial charge in [-0.25, -0.2) is 14.8 Å². The second-order valence-corrected chi connectivity index (χ2v) is 12.9. The van der Waals surface area contributed by atoms with Gasteiger partial charge in [-0.3, -0.25) is 9.63 Å². The fraction of sp³-hybridized carbons (Fsp3) is 0.515. The van der Waals surface area contributed by atoms with Crippen molar-refractivity contribution in [2.24, 2.45) is 13.0 Å². The van der Waals surface area contributed by atoms with Gasteiger partial charge in [0.1, 0.15) is 34.5 Å². The number of fused-ring (bicyclic) bond motifs is 1. The minimum atomic E-state index is -0.601. The highest BCUT2D eigenvalue weighted by Crippen LogP contribution is 2.52. The fourth-order valence-corrected chi connectivity index (χ4v) is 6.57. The number of rotatable bonds is 8. The van der Waals surface area contributed by atoms with Crippen LogP contribution in [0, 0.1) is 41.5 Å². The lowest BCUT2D eigenvalue weighted by Crippen LogP contribution is -2.38. The van der Waals surface area contributed by atoms with Crippen molar-refractivity contribution < 1.29 is 18.8 Å². The van der Waals surface area contributed by atoms with Crippen molar-refractivity contribution in [3.05, 3.63) is 63.1 Å². The third-order valence-corrected chi connectivity index (χ3v) is 8.79. The van der Waals surface area contributed by atoms with Crippen molar-refractivity contribution in [2.45, 2.75) is 77.1 Å². The Bertz CT molecular complexity index is 1780. The third kappa shape index (κ3) is 6.66. The van der Waals surface area contributed by atoms with Gasteiger partial charge in [-0.1, -0.05) is 6.07 Å². The quantitative estimate of drug-likeness (QED) is 0.216. The number of carbonyl (C=O) groups excluding carboxylic acids is 1. The number of nitrogens with one attached hydrogen (secondary N) is 1. The van der Waals surface area contributed by atoms with Gasteiger partial charge < -0.3 is 19.5 Å². The minimum absolute atomic E-state index is 0.00308. The van der Waals surface area contributed by atoms with Crippen molar-refractivity contribution >= 4 is 22.8 Å².